The van der Waals surface area contributed by atoms with E-state index in [0.29, 0.717) is 5.92 Å². The third-order valence-electron chi connectivity index (χ3n) is 5.84. The summed E-state index contributed by atoms with van der Waals surface area (Å²) in [6.45, 7) is 4.79. The van der Waals surface area contributed by atoms with E-state index in [1.54, 1.807) is 4.68 Å². The average Bonchev–Trinajstić information content (AvgIpc) is 3.11. The molecule has 27 heavy (non-hydrogen) atoms. The van der Waals surface area contributed by atoms with Crippen LogP contribution in [0.5, 0.6) is 5.75 Å². The molecule has 0 N–H and O–H groups in total. The summed E-state index contributed by atoms with van der Waals surface area (Å²) in [7, 11) is 0. The lowest BCUT2D eigenvalue weighted by Gasteiger charge is -2.39. The molecule has 0 aliphatic carbocycles. The minimum atomic E-state index is 0.0649. The Balaban J connectivity index is 1.13. The summed E-state index contributed by atoms with van der Waals surface area (Å²) in [5, 5.41) is 4.65. The van der Waals surface area contributed by atoms with Crippen molar-refractivity contribution >= 4 is 11.8 Å². The SMILES string of the molecule is O=c1cc2c(nn1CC1CN(CCc3ccc4c(c3)CCO4)C1)CCSC2. The van der Waals surface area contributed by atoms with Crippen molar-refractivity contribution in [2.24, 2.45) is 5.92 Å². The van der Waals surface area contributed by atoms with E-state index < -0.39 is 0 Å². The summed E-state index contributed by atoms with van der Waals surface area (Å²) in [4.78, 5) is 14.8. The van der Waals surface area contributed by atoms with Crippen LogP contribution in [0, 0.1) is 5.92 Å². The van der Waals surface area contributed by atoms with Crippen LogP contribution < -0.4 is 10.3 Å². The largest absolute Gasteiger partial charge is 0.493 e. The number of ether oxygens (including phenoxy) is 1. The number of rotatable bonds is 5. The molecule has 1 aromatic carbocycles. The smallest absolute Gasteiger partial charge is 0.267 e. The van der Waals surface area contributed by atoms with Gasteiger partial charge in [-0.1, -0.05) is 12.1 Å². The van der Waals surface area contributed by atoms with Gasteiger partial charge in [0, 0.05) is 50.2 Å². The molecule has 142 valence electrons. The monoisotopic (exact) mass is 383 g/mol. The van der Waals surface area contributed by atoms with Crippen LogP contribution in [0.4, 0.5) is 0 Å². The van der Waals surface area contributed by atoms with Gasteiger partial charge in [-0.3, -0.25) is 4.79 Å². The third-order valence-corrected chi connectivity index (χ3v) is 6.85. The minimum absolute atomic E-state index is 0.0649. The summed E-state index contributed by atoms with van der Waals surface area (Å²) in [6, 6.07) is 8.41. The van der Waals surface area contributed by atoms with E-state index in [1.165, 1.54) is 11.1 Å². The Kier molecular flexibility index (Phi) is 4.70. The molecule has 0 bridgehead atoms. The van der Waals surface area contributed by atoms with Gasteiger partial charge in [-0.25, -0.2) is 4.68 Å². The standard InChI is InChI=1S/C21H25N3O2S/c25-21-10-18-14-27-8-5-19(18)22-24(21)13-16-11-23(12-16)6-3-15-1-2-20-17(9-15)4-7-26-20/h1-2,9-10,16H,3-8,11-14H2. The number of benzene rings is 1. The maximum atomic E-state index is 12.3. The molecule has 0 amide bonds. The van der Waals surface area contributed by atoms with E-state index >= 15 is 0 Å². The van der Waals surface area contributed by atoms with Crippen LogP contribution in [0.15, 0.2) is 29.1 Å². The van der Waals surface area contributed by atoms with Gasteiger partial charge in [0.15, 0.2) is 0 Å². The summed E-state index contributed by atoms with van der Waals surface area (Å²) in [5.41, 5.74) is 5.08. The molecule has 1 fully saturated rings. The maximum Gasteiger partial charge on any atom is 0.267 e. The fourth-order valence-corrected chi connectivity index (χ4v) is 5.24. The van der Waals surface area contributed by atoms with Gasteiger partial charge in [-0.05, 0) is 34.9 Å². The van der Waals surface area contributed by atoms with Gasteiger partial charge in [-0.2, -0.15) is 16.9 Å². The highest BCUT2D eigenvalue weighted by Gasteiger charge is 2.27. The number of hydrogen-bond acceptors (Lipinski definition) is 5. The quantitative estimate of drug-likeness (QED) is 0.792. The second kappa shape index (κ2) is 7.32. The molecule has 4 heterocycles. The van der Waals surface area contributed by atoms with E-state index in [4.69, 9.17) is 4.74 Å². The van der Waals surface area contributed by atoms with Crippen molar-refractivity contribution in [2.45, 2.75) is 31.6 Å². The first-order valence-corrected chi connectivity index (χ1v) is 11.0. The Hall–Kier alpha value is -1.79. The van der Waals surface area contributed by atoms with E-state index in [9.17, 15) is 4.79 Å². The number of aromatic nitrogens is 2. The van der Waals surface area contributed by atoms with E-state index in [0.717, 1.165) is 80.6 Å². The maximum absolute atomic E-state index is 12.3. The van der Waals surface area contributed by atoms with Crippen molar-refractivity contribution in [1.29, 1.82) is 0 Å². The predicted molar refractivity (Wildman–Crippen MR) is 108 cm³/mol. The highest BCUT2D eigenvalue weighted by atomic mass is 32.2. The number of nitrogens with zero attached hydrogens (tertiary/aromatic N) is 3. The van der Waals surface area contributed by atoms with Crippen molar-refractivity contribution in [1.82, 2.24) is 14.7 Å². The lowest BCUT2D eigenvalue weighted by atomic mass is 9.98. The Labute approximate surface area is 163 Å². The fourth-order valence-electron chi connectivity index (χ4n) is 4.29. The molecule has 0 radical (unpaired) electrons. The summed E-state index contributed by atoms with van der Waals surface area (Å²) >= 11 is 1.89. The number of fused-ring (bicyclic) bond motifs is 2. The van der Waals surface area contributed by atoms with Gasteiger partial charge >= 0.3 is 0 Å². The first-order chi connectivity index (χ1) is 13.2. The van der Waals surface area contributed by atoms with Crippen LogP contribution in [0.2, 0.25) is 0 Å². The number of hydrogen-bond donors (Lipinski definition) is 0. The Morgan fingerprint density at radius 3 is 3.04 bits per heavy atom. The number of likely N-dealkylation sites (tertiary alicyclic amines) is 1. The van der Waals surface area contributed by atoms with Crippen molar-refractivity contribution < 1.29 is 4.74 Å². The predicted octanol–water partition coefficient (Wildman–Crippen LogP) is 2.14. The third kappa shape index (κ3) is 3.65. The number of thioether (sulfide) groups is 1. The summed E-state index contributed by atoms with van der Waals surface area (Å²) in [5.74, 6) is 3.65. The zero-order valence-corrected chi connectivity index (χ0v) is 16.3. The lowest BCUT2D eigenvalue weighted by Crippen LogP contribution is -2.50. The molecule has 3 aliphatic heterocycles. The van der Waals surface area contributed by atoms with Crippen LogP contribution in [-0.4, -0.2) is 46.7 Å². The zero-order chi connectivity index (χ0) is 18.2. The second-order valence-corrected chi connectivity index (χ2v) is 8.96. The highest BCUT2D eigenvalue weighted by molar-refractivity contribution is 7.98. The fraction of sp³-hybridized carbons (Fsp3) is 0.524. The molecule has 1 saturated heterocycles. The van der Waals surface area contributed by atoms with Crippen LogP contribution in [0.25, 0.3) is 0 Å². The number of aryl methyl sites for hydroxylation is 1. The molecule has 3 aliphatic rings. The highest BCUT2D eigenvalue weighted by Crippen LogP contribution is 2.26. The molecule has 5 nitrogen and oxygen atoms in total. The summed E-state index contributed by atoms with van der Waals surface area (Å²) < 4.78 is 7.29. The first kappa shape index (κ1) is 17.3. The van der Waals surface area contributed by atoms with Crippen molar-refractivity contribution in [3.8, 4) is 5.75 Å². The molecular weight excluding hydrogens is 358 g/mol. The van der Waals surface area contributed by atoms with Gasteiger partial charge in [0.2, 0.25) is 0 Å². The molecule has 1 aromatic heterocycles. The molecule has 0 unspecified atom stereocenters. The van der Waals surface area contributed by atoms with E-state index in [2.05, 4.69) is 28.2 Å². The molecule has 5 rings (SSSR count). The van der Waals surface area contributed by atoms with Crippen molar-refractivity contribution in [3.05, 3.63) is 57.0 Å². The van der Waals surface area contributed by atoms with E-state index in [1.807, 2.05) is 17.8 Å². The van der Waals surface area contributed by atoms with Crippen molar-refractivity contribution in [2.75, 3.05) is 32.0 Å². The Morgan fingerprint density at radius 1 is 1.19 bits per heavy atom. The topological polar surface area (TPSA) is 47.4 Å². The van der Waals surface area contributed by atoms with Crippen molar-refractivity contribution in [3.63, 3.8) is 0 Å². The normalized spacial score (nSPS) is 19.3. The average molecular weight is 384 g/mol. The van der Waals surface area contributed by atoms with Gasteiger partial charge < -0.3 is 9.64 Å². The summed E-state index contributed by atoms with van der Waals surface area (Å²) in [6.07, 6.45) is 3.10. The second-order valence-electron chi connectivity index (χ2n) is 7.86. The van der Waals surface area contributed by atoms with Crippen LogP contribution in [0.1, 0.15) is 22.4 Å². The minimum Gasteiger partial charge on any atom is -0.493 e. The Morgan fingerprint density at radius 2 is 2.11 bits per heavy atom. The Bertz CT molecular complexity index is 905. The molecular formula is C21H25N3O2S. The first-order valence-electron chi connectivity index (χ1n) is 9.89. The molecule has 0 atom stereocenters. The van der Waals surface area contributed by atoms with E-state index in [-0.39, 0.29) is 5.56 Å². The van der Waals surface area contributed by atoms with Crippen LogP contribution >= 0.6 is 11.8 Å². The molecule has 2 aromatic rings. The lowest BCUT2D eigenvalue weighted by molar-refractivity contribution is 0.0854. The van der Waals surface area contributed by atoms with Gasteiger partial charge in [-0.15, -0.1) is 0 Å². The van der Waals surface area contributed by atoms with Gasteiger partial charge in [0.1, 0.15) is 5.75 Å². The van der Waals surface area contributed by atoms with Crippen LogP contribution in [0.3, 0.4) is 0 Å². The molecule has 0 saturated carbocycles. The zero-order valence-electron chi connectivity index (χ0n) is 15.5. The molecule has 6 heteroatoms. The van der Waals surface area contributed by atoms with Gasteiger partial charge in [0.05, 0.1) is 18.8 Å². The van der Waals surface area contributed by atoms with Gasteiger partial charge in [0.25, 0.3) is 5.56 Å². The van der Waals surface area contributed by atoms with Crippen LogP contribution in [-0.2, 0) is 31.6 Å². The molecule has 0 spiro atoms.